The lowest BCUT2D eigenvalue weighted by atomic mass is 10.0. The minimum atomic E-state index is 0.00995. The number of aryl methyl sites for hydroxylation is 1. The van der Waals surface area contributed by atoms with Crippen LogP contribution in [-0.2, 0) is 4.74 Å². The Hall–Kier alpha value is -1.36. The number of amides is 1. The highest BCUT2D eigenvalue weighted by Gasteiger charge is 2.27. The number of nitrogens with zero attached hydrogens (tertiary/aromatic N) is 2. The van der Waals surface area contributed by atoms with Crippen molar-refractivity contribution >= 4 is 5.91 Å². The van der Waals surface area contributed by atoms with Gasteiger partial charge in [-0.3, -0.25) is 4.79 Å². The summed E-state index contributed by atoms with van der Waals surface area (Å²) in [5.74, 6) is 0.853. The van der Waals surface area contributed by atoms with E-state index in [2.05, 4.69) is 5.16 Å². The van der Waals surface area contributed by atoms with Gasteiger partial charge in [-0.05, 0) is 6.92 Å². The topological polar surface area (TPSA) is 55.6 Å². The maximum Gasteiger partial charge on any atom is 0.259 e. The zero-order valence-electron chi connectivity index (χ0n) is 10.5. The van der Waals surface area contributed by atoms with Crippen molar-refractivity contribution in [2.24, 2.45) is 0 Å². The van der Waals surface area contributed by atoms with Crippen molar-refractivity contribution in [1.29, 1.82) is 0 Å². The largest absolute Gasteiger partial charge is 0.378 e. The molecule has 1 saturated heterocycles. The molecule has 1 aliphatic heterocycles. The summed E-state index contributed by atoms with van der Waals surface area (Å²) in [7, 11) is 0. The van der Waals surface area contributed by atoms with Gasteiger partial charge in [0.2, 0.25) is 0 Å². The Kier molecular flexibility index (Phi) is 3.47. The van der Waals surface area contributed by atoms with E-state index >= 15 is 0 Å². The molecule has 0 spiro atoms. The highest BCUT2D eigenvalue weighted by Crippen LogP contribution is 2.23. The fourth-order valence-electron chi connectivity index (χ4n) is 1.97. The molecule has 1 amide bonds. The van der Waals surface area contributed by atoms with Gasteiger partial charge in [-0.2, -0.15) is 0 Å². The lowest BCUT2D eigenvalue weighted by Gasteiger charge is -2.26. The molecule has 1 aliphatic rings. The molecule has 0 N–H and O–H groups in total. The van der Waals surface area contributed by atoms with Gasteiger partial charge < -0.3 is 14.2 Å². The van der Waals surface area contributed by atoms with Crippen LogP contribution in [0.2, 0.25) is 0 Å². The molecule has 0 bridgehead atoms. The first kappa shape index (κ1) is 12.1. The number of carbonyl (C=O) groups excluding carboxylic acids is 1. The molecule has 2 rings (SSSR count). The van der Waals surface area contributed by atoms with Crippen molar-refractivity contribution < 1.29 is 14.1 Å². The summed E-state index contributed by atoms with van der Waals surface area (Å²) in [6.07, 6.45) is 0. The monoisotopic (exact) mass is 238 g/mol. The first-order valence-electron chi connectivity index (χ1n) is 5.94. The summed E-state index contributed by atoms with van der Waals surface area (Å²) in [4.78, 5) is 14.2. The van der Waals surface area contributed by atoms with E-state index in [4.69, 9.17) is 9.26 Å². The summed E-state index contributed by atoms with van der Waals surface area (Å²) in [5.41, 5.74) is 1.30. The number of ether oxygens (including phenoxy) is 1. The van der Waals surface area contributed by atoms with Crippen molar-refractivity contribution in [3.63, 3.8) is 0 Å². The predicted molar refractivity (Wildman–Crippen MR) is 62.1 cm³/mol. The average molecular weight is 238 g/mol. The van der Waals surface area contributed by atoms with E-state index in [1.165, 1.54) is 0 Å². The Balaban J connectivity index is 2.26. The Morgan fingerprint density at radius 2 is 2.00 bits per heavy atom. The molecule has 0 radical (unpaired) electrons. The van der Waals surface area contributed by atoms with E-state index in [0.29, 0.717) is 43.3 Å². The molecule has 0 atom stereocenters. The highest BCUT2D eigenvalue weighted by atomic mass is 16.5. The lowest BCUT2D eigenvalue weighted by molar-refractivity contribution is 0.0300. The molecule has 1 aromatic rings. The molecule has 5 nitrogen and oxygen atoms in total. The fourth-order valence-corrected chi connectivity index (χ4v) is 1.97. The third-order valence-corrected chi connectivity index (χ3v) is 2.93. The van der Waals surface area contributed by atoms with Gasteiger partial charge in [0.25, 0.3) is 5.91 Å². The summed E-state index contributed by atoms with van der Waals surface area (Å²) >= 11 is 0. The van der Waals surface area contributed by atoms with Gasteiger partial charge in [0.15, 0.2) is 5.76 Å². The fraction of sp³-hybridized carbons (Fsp3) is 0.667. The molecule has 2 heterocycles. The van der Waals surface area contributed by atoms with Gasteiger partial charge in [0.1, 0.15) is 5.56 Å². The van der Waals surface area contributed by atoms with E-state index in [1.54, 1.807) is 4.90 Å². The summed E-state index contributed by atoms with van der Waals surface area (Å²) in [5, 5.41) is 3.90. The first-order chi connectivity index (χ1) is 8.11. The Bertz CT molecular complexity index is 406. The molecule has 0 aliphatic carbocycles. The minimum absolute atomic E-state index is 0.00995. The SMILES string of the molecule is Cc1noc(C(C)C)c1C(=O)N1CCOCC1. The van der Waals surface area contributed by atoms with Gasteiger partial charge >= 0.3 is 0 Å². The summed E-state index contributed by atoms with van der Waals surface area (Å²) in [6.45, 7) is 8.29. The number of carbonyl (C=O) groups is 1. The predicted octanol–water partition coefficient (Wildman–Crippen LogP) is 1.58. The van der Waals surface area contributed by atoms with E-state index in [0.717, 1.165) is 0 Å². The normalized spacial score (nSPS) is 16.6. The standard InChI is InChI=1S/C12H18N2O3/c1-8(2)11-10(9(3)13-17-11)12(15)14-4-6-16-7-5-14/h8H,4-7H2,1-3H3. The van der Waals surface area contributed by atoms with Crippen molar-refractivity contribution in [2.45, 2.75) is 26.7 Å². The van der Waals surface area contributed by atoms with Crippen molar-refractivity contribution in [2.75, 3.05) is 26.3 Å². The molecule has 0 saturated carbocycles. The van der Waals surface area contributed by atoms with Gasteiger partial charge in [0.05, 0.1) is 18.9 Å². The van der Waals surface area contributed by atoms with Crippen LogP contribution in [0.3, 0.4) is 0 Å². The Morgan fingerprint density at radius 3 is 2.59 bits per heavy atom. The molecular formula is C12H18N2O3. The van der Waals surface area contributed by atoms with Crippen LogP contribution in [0.1, 0.15) is 41.6 Å². The molecule has 94 valence electrons. The van der Waals surface area contributed by atoms with Crippen LogP contribution < -0.4 is 0 Å². The van der Waals surface area contributed by atoms with Gasteiger partial charge in [-0.1, -0.05) is 19.0 Å². The zero-order chi connectivity index (χ0) is 12.4. The van der Waals surface area contributed by atoms with Gasteiger partial charge in [-0.25, -0.2) is 0 Å². The number of aromatic nitrogens is 1. The molecular weight excluding hydrogens is 220 g/mol. The van der Waals surface area contributed by atoms with E-state index in [1.807, 2.05) is 20.8 Å². The van der Waals surface area contributed by atoms with E-state index < -0.39 is 0 Å². The summed E-state index contributed by atoms with van der Waals surface area (Å²) < 4.78 is 10.5. The maximum atomic E-state index is 12.4. The molecule has 5 heteroatoms. The van der Waals surface area contributed by atoms with Crippen LogP contribution in [0.4, 0.5) is 0 Å². The van der Waals surface area contributed by atoms with Crippen molar-refractivity contribution in [3.8, 4) is 0 Å². The quantitative estimate of drug-likeness (QED) is 0.785. The minimum Gasteiger partial charge on any atom is -0.378 e. The van der Waals surface area contributed by atoms with Crippen LogP contribution in [0.15, 0.2) is 4.52 Å². The van der Waals surface area contributed by atoms with Crippen LogP contribution in [0.25, 0.3) is 0 Å². The molecule has 0 unspecified atom stereocenters. The van der Waals surface area contributed by atoms with Gasteiger partial charge in [0, 0.05) is 19.0 Å². The van der Waals surface area contributed by atoms with E-state index in [9.17, 15) is 4.79 Å². The van der Waals surface area contributed by atoms with Crippen molar-refractivity contribution in [3.05, 3.63) is 17.0 Å². The molecule has 0 aromatic carbocycles. The second-order valence-corrected chi connectivity index (χ2v) is 4.57. The number of morpholine rings is 1. The zero-order valence-corrected chi connectivity index (χ0v) is 10.5. The summed E-state index contributed by atoms with van der Waals surface area (Å²) in [6, 6.07) is 0. The maximum absolute atomic E-state index is 12.4. The third-order valence-electron chi connectivity index (χ3n) is 2.93. The van der Waals surface area contributed by atoms with Gasteiger partial charge in [-0.15, -0.1) is 0 Å². The van der Waals surface area contributed by atoms with Crippen LogP contribution in [0, 0.1) is 6.92 Å². The molecule has 1 aromatic heterocycles. The van der Waals surface area contributed by atoms with Crippen LogP contribution in [-0.4, -0.2) is 42.3 Å². The first-order valence-corrected chi connectivity index (χ1v) is 5.94. The van der Waals surface area contributed by atoms with Crippen molar-refractivity contribution in [1.82, 2.24) is 10.1 Å². The lowest BCUT2D eigenvalue weighted by Crippen LogP contribution is -2.41. The highest BCUT2D eigenvalue weighted by molar-refractivity contribution is 5.96. The Labute approximate surface area is 101 Å². The third kappa shape index (κ3) is 2.34. The smallest absolute Gasteiger partial charge is 0.259 e. The van der Waals surface area contributed by atoms with E-state index in [-0.39, 0.29) is 11.8 Å². The number of hydrogen-bond acceptors (Lipinski definition) is 4. The number of rotatable bonds is 2. The number of hydrogen-bond donors (Lipinski definition) is 0. The average Bonchev–Trinajstić information content (AvgIpc) is 2.71. The second kappa shape index (κ2) is 4.87. The second-order valence-electron chi connectivity index (χ2n) is 4.57. The van der Waals surface area contributed by atoms with Crippen LogP contribution in [0.5, 0.6) is 0 Å². The molecule has 17 heavy (non-hydrogen) atoms. The van der Waals surface area contributed by atoms with Crippen LogP contribution >= 0.6 is 0 Å². The Morgan fingerprint density at radius 1 is 1.35 bits per heavy atom. The molecule has 1 fully saturated rings.